The lowest BCUT2D eigenvalue weighted by Crippen LogP contribution is -2.45. The maximum absolute atomic E-state index is 13.9. The largest absolute Gasteiger partial charge is 0.438 e. The number of halogens is 3. The fourth-order valence-corrected chi connectivity index (χ4v) is 4.39. The van der Waals surface area contributed by atoms with E-state index in [0.29, 0.717) is 35.2 Å². The maximum atomic E-state index is 13.9. The van der Waals surface area contributed by atoms with Gasteiger partial charge >= 0.3 is 6.03 Å². The number of fused-ring (bicyclic) bond motifs is 1. The first kappa shape index (κ1) is 24.2. The average Bonchev–Trinajstić information content (AvgIpc) is 2.86. The molecule has 1 fully saturated rings. The lowest BCUT2D eigenvalue weighted by molar-refractivity contribution is 0.205. The molecular weight excluding hydrogens is 490 g/mol. The normalized spacial score (nSPS) is 16.0. The molecule has 0 saturated carbocycles. The molecule has 3 heterocycles. The summed E-state index contributed by atoms with van der Waals surface area (Å²) in [6.07, 6.45) is 0.496. The maximum Gasteiger partial charge on any atom is 0.322 e. The quantitative estimate of drug-likeness (QED) is 0.551. The number of carbonyl (C=O) groups is 1. The van der Waals surface area contributed by atoms with Gasteiger partial charge in [0.05, 0.1) is 17.8 Å². The highest BCUT2D eigenvalue weighted by Gasteiger charge is 2.29. The van der Waals surface area contributed by atoms with Crippen LogP contribution in [0.3, 0.4) is 0 Å². The van der Waals surface area contributed by atoms with E-state index in [0.717, 1.165) is 44.0 Å². The van der Waals surface area contributed by atoms with Gasteiger partial charge in [-0.3, -0.25) is 0 Å². The zero-order valence-electron chi connectivity index (χ0n) is 19.7. The molecular formula is C25H25ClF2N6O2. The Kier molecular flexibility index (Phi) is 6.88. The lowest BCUT2D eigenvalue weighted by atomic mass is 10.1. The van der Waals surface area contributed by atoms with Crippen molar-refractivity contribution < 1.29 is 18.3 Å². The van der Waals surface area contributed by atoms with Crippen LogP contribution in [0.2, 0.25) is 5.02 Å². The van der Waals surface area contributed by atoms with Crippen LogP contribution in [0, 0.1) is 11.6 Å². The van der Waals surface area contributed by atoms with Crippen molar-refractivity contribution in [1.29, 1.82) is 0 Å². The summed E-state index contributed by atoms with van der Waals surface area (Å²) < 4.78 is 33.3. The van der Waals surface area contributed by atoms with E-state index >= 15 is 0 Å². The van der Waals surface area contributed by atoms with Crippen LogP contribution in [0.15, 0.2) is 42.5 Å². The first-order valence-corrected chi connectivity index (χ1v) is 12.0. The average molecular weight is 515 g/mol. The van der Waals surface area contributed by atoms with Gasteiger partial charge in [0.2, 0.25) is 11.8 Å². The van der Waals surface area contributed by atoms with Crippen LogP contribution >= 0.6 is 11.6 Å². The summed E-state index contributed by atoms with van der Waals surface area (Å²) in [6.45, 7) is 3.91. The number of piperazine rings is 1. The van der Waals surface area contributed by atoms with Crippen LogP contribution in [-0.2, 0) is 13.0 Å². The number of amides is 2. The molecule has 0 atom stereocenters. The van der Waals surface area contributed by atoms with E-state index in [-0.39, 0.29) is 24.2 Å². The number of rotatable bonds is 4. The summed E-state index contributed by atoms with van der Waals surface area (Å²) in [5, 5.41) is 3.37. The Morgan fingerprint density at radius 1 is 1.03 bits per heavy atom. The second-order valence-electron chi connectivity index (χ2n) is 8.83. The second-order valence-corrected chi connectivity index (χ2v) is 9.27. The van der Waals surface area contributed by atoms with Crippen molar-refractivity contribution in [3.8, 4) is 11.6 Å². The number of ether oxygens (including phenoxy) is 1. The van der Waals surface area contributed by atoms with Crippen LogP contribution in [0.1, 0.15) is 11.3 Å². The number of nitrogens with zero attached hydrogens (tertiary/aromatic N) is 5. The predicted molar refractivity (Wildman–Crippen MR) is 133 cm³/mol. The molecule has 0 aliphatic carbocycles. The van der Waals surface area contributed by atoms with Crippen molar-refractivity contribution in [3.63, 3.8) is 0 Å². The van der Waals surface area contributed by atoms with Crippen LogP contribution in [-0.4, -0.2) is 65.6 Å². The molecule has 2 amide bonds. The molecule has 0 bridgehead atoms. The molecule has 2 aliphatic heterocycles. The number of carbonyl (C=O) groups excluding carboxylic acids is 1. The third-order valence-electron chi connectivity index (χ3n) is 6.27. The first-order valence-electron chi connectivity index (χ1n) is 11.6. The number of anilines is 2. The second kappa shape index (κ2) is 10.2. The van der Waals surface area contributed by atoms with Crippen molar-refractivity contribution in [2.75, 3.05) is 50.0 Å². The van der Waals surface area contributed by atoms with Gasteiger partial charge in [0.1, 0.15) is 5.75 Å². The zero-order valence-corrected chi connectivity index (χ0v) is 20.4. The number of likely N-dealkylation sites (N-methyl/N-ethyl adjacent to an activating group) is 1. The molecule has 1 aromatic heterocycles. The minimum Gasteiger partial charge on any atom is -0.438 e. The summed E-state index contributed by atoms with van der Waals surface area (Å²) in [6, 6.07) is 9.93. The van der Waals surface area contributed by atoms with Crippen LogP contribution < -0.4 is 15.0 Å². The van der Waals surface area contributed by atoms with Crippen molar-refractivity contribution in [1.82, 2.24) is 19.8 Å². The minimum absolute atomic E-state index is 0.111. The summed E-state index contributed by atoms with van der Waals surface area (Å²) in [7, 11) is 2.06. The van der Waals surface area contributed by atoms with Gasteiger partial charge in [-0.1, -0.05) is 17.7 Å². The van der Waals surface area contributed by atoms with Gasteiger partial charge in [0.25, 0.3) is 0 Å². The Bertz CT molecular complexity index is 1290. The van der Waals surface area contributed by atoms with E-state index in [2.05, 4.69) is 27.1 Å². The lowest BCUT2D eigenvalue weighted by Gasteiger charge is -2.34. The van der Waals surface area contributed by atoms with Crippen LogP contribution in [0.25, 0.3) is 0 Å². The van der Waals surface area contributed by atoms with Gasteiger partial charge in [-0.25, -0.2) is 18.6 Å². The fraction of sp³-hybridized carbons (Fsp3) is 0.320. The Hall–Kier alpha value is -3.50. The molecule has 188 valence electrons. The SMILES string of the molecule is CN1CCN(c2nc3c(c(Oc4ccc(F)c(F)c4)n2)CN(C(=O)Nc2cccc(Cl)c2)CC3)CC1. The monoisotopic (exact) mass is 514 g/mol. The molecule has 0 radical (unpaired) electrons. The Balaban J connectivity index is 1.43. The van der Waals surface area contributed by atoms with Gasteiger partial charge in [-0.05, 0) is 37.4 Å². The number of benzene rings is 2. The standard InChI is InChI=1S/C25H25ClF2N6O2/c1-32-9-11-33(12-10-32)24-30-22-7-8-34(25(35)29-17-4-2-3-16(26)13-17)15-19(22)23(31-24)36-18-5-6-20(27)21(28)14-18/h2-6,13-14H,7-12,15H2,1H3,(H,29,35). The fourth-order valence-electron chi connectivity index (χ4n) is 4.20. The third-order valence-corrected chi connectivity index (χ3v) is 6.50. The van der Waals surface area contributed by atoms with Gasteiger partial charge in [-0.2, -0.15) is 4.98 Å². The Morgan fingerprint density at radius 2 is 1.83 bits per heavy atom. The summed E-state index contributed by atoms with van der Waals surface area (Å²) in [4.78, 5) is 28.3. The Labute approximate surface area is 212 Å². The van der Waals surface area contributed by atoms with E-state index in [1.54, 1.807) is 29.2 Å². The topological polar surface area (TPSA) is 73.8 Å². The molecule has 2 aliphatic rings. The minimum atomic E-state index is -1.02. The molecule has 36 heavy (non-hydrogen) atoms. The van der Waals surface area contributed by atoms with Gasteiger partial charge in [-0.15, -0.1) is 0 Å². The molecule has 2 aromatic carbocycles. The van der Waals surface area contributed by atoms with Crippen molar-refractivity contribution in [2.45, 2.75) is 13.0 Å². The van der Waals surface area contributed by atoms with Crippen molar-refractivity contribution in [3.05, 3.63) is 70.4 Å². The number of aromatic nitrogens is 2. The molecule has 0 spiro atoms. The zero-order chi connectivity index (χ0) is 25.2. The molecule has 1 N–H and O–H groups in total. The molecule has 8 nitrogen and oxygen atoms in total. The number of nitrogens with one attached hydrogen (secondary N) is 1. The van der Waals surface area contributed by atoms with Gasteiger partial charge in [0, 0.05) is 55.9 Å². The van der Waals surface area contributed by atoms with E-state index in [9.17, 15) is 13.6 Å². The third kappa shape index (κ3) is 5.34. The van der Waals surface area contributed by atoms with E-state index in [1.807, 2.05) is 0 Å². The van der Waals surface area contributed by atoms with Crippen molar-refractivity contribution >= 4 is 29.3 Å². The highest BCUT2D eigenvalue weighted by Crippen LogP contribution is 2.32. The predicted octanol–water partition coefficient (Wildman–Crippen LogP) is 4.54. The van der Waals surface area contributed by atoms with Gasteiger partial charge < -0.3 is 24.8 Å². The van der Waals surface area contributed by atoms with Crippen molar-refractivity contribution in [2.24, 2.45) is 0 Å². The van der Waals surface area contributed by atoms with E-state index in [1.165, 1.54) is 6.07 Å². The number of hydrogen-bond donors (Lipinski definition) is 1. The first-order chi connectivity index (χ1) is 17.4. The van der Waals surface area contributed by atoms with E-state index < -0.39 is 11.6 Å². The molecule has 0 unspecified atom stereocenters. The molecule has 5 rings (SSSR count). The number of hydrogen-bond acceptors (Lipinski definition) is 6. The van der Waals surface area contributed by atoms with Gasteiger partial charge in [0.15, 0.2) is 11.6 Å². The highest BCUT2D eigenvalue weighted by molar-refractivity contribution is 6.30. The molecule has 3 aromatic rings. The van der Waals surface area contributed by atoms with E-state index in [4.69, 9.17) is 21.3 Å². The summed E-state index contributed by atoms with van der Waals surface area (Å²) in [5.41, 5.74) is 1.98. The Morgan fingerprint density at radius 3 is 2.58 bits per heavy atom. The van der Waals surface area contributed by atoms with Crippen LogP contribution in [0.5, 0.6) is 11.6 Å². The summed E-state index contributed by atoms with van der Waals surface area (Å²) in [5.74, 6) is -1.12. The molecule has 1 saturated heterocycles. The molecule has 11 heteroatoms. The smallest absolute Gasteiger partial charge is 0.322 e. The highest BCUT2D eigenvalue weighted by atomic mass is 35.5. The number of urea groups is 1. The van der Waals surface area contributed by atoms with Crippen LogP contribution in [0.4, 0.5) is 25.2 Å². The summed E-state index contributed by atoms with van der Waals surface area (Å²) >= 11 is 6.03.